The molecular formula is C17H20O2S. The monoisotopic (exact) mass is 288 g/mol. The van der Waals surface area contributed by atoms with E-state index in [0.717, 1.165) is 5.56 Å². The highest BCUT2D eigenvalue weighted by Crippen LogP contribution is 2.23. The molecule has 0 saturated carbocycles. The van der Waals surface area contributed by atoms with E-state index >= 15 is 0 Å². The highest BCUT2D eigenvalue weighted by molar-refractivity contribution is 7.90. The Morgan fingerprint density at radius 3 is 1.90 bits per heavy atom. The Morgan fingerprint density at radius 1 is 0.850 bits per heavy atom. The summed E-state index contributed by atoms with van der Waals surface area (Å²) in [5.74, 6) is 0.0431. The molecule has 2 aromatic carbocycles. The van der Waals surface area contributed by atoms with Crippen molar-refractivity contribution in [1.82, 2.24) is 0 Å². The van der Waals surface area contributed by atoms with Crippen LogP contribution in [0.1, 0.15) is 31.9 Å². The summed E-state index contributed by atoms with van der Waals surface area (Å²) in [4.78, 5) is 0.375. The maximum absolute atomic E-state index is 12.3. The van der Waals surface area contributed by atoms with Crippen molar-refractivity contribution >= 4 is 9.84 Å². The van der Waals surface area contributed by atoms with Gasteiger partial charge in [0.1, 0.15) is 0 Å². The van der Waals surface area contributed by atoms with Gasteiger partial charge in [0.05, 0.1) is 10.6 Å². The van der Waals surface area contributed by atoms with E-state index in [9.17, 15) is 8.42 Å². The van der Waals surface area contributed by atoms with Crippen molar-refractivity contribution in [1.29, 1.82) is 0 Å². The molecule has 3 heteroatoms. The molecule has 0 unspecified atom stereocenters. The zero-order valence-corrected chi connectivity index (χ0v) is 12.9. The van der Waals surface area contributed by atoms with E-state index in [1.807, 2.05) is 30.3 Å². The lowest BCUT2D eigenvalue weighted by Gasteiger charge is -2.19. The van der Waals surface area contributed by atoms with Gasteiger partial charge in [-0.25, -0.2) is 8.42 Å². The molecule has 0 saturated heterocycles. The van der Waals surface area contributed by atoms with Gasteiger partial charge in [-0.15, -0.1) is 0 Å². The lowest BCUT2D eigenvalue weighted by atomic mass is 9.87. The molecule has 106 valence electrons. The van der Waals surface area contributed by atoms with E-state index in [1.165, 1.54) is 5.56 Å². The summed E-state index contributed by atoms with van der Waals surface area (Å²) in [6.45, 7) is 6.42. The SMILES string of the molecule is CC(C)(C)c1ccc(CS(=O)(=O)c2ccccc2)cc1. The molecule has 0 aliphatic heterocycles. The summed E-state index contributed by atoms with van der Waals surface area (Å²) in [5.41, 5.74) is 2.11. The van der Waals surface area contributed by atoms with Crippen molar-refractivity contribution in [2.75, 3.05) is 0 Å². The van der Waals surface area contributed by atoms with Crippen LogP contribution in [0.4, 0.5) is 0 Å². The Labute approximate surface area is 121 Å². The number of rotatable bonds is 3. The normalized spacial score (nSPS) is 12.3. The molecule has 2 nitrogen and oxygen atoms in total. The fourth-order valence-corrected chi connectivity index (χ4v) is 3.40. The average Bonchev–Trinajstić information content (AvgIpc) is 2.39. The minimum atomic E-state index is -3.26. The standard InChI is InChI=1S/C17H20O2S/c1-17(2,3)15-11-9-14(10-12-15)13-20(18,19)16-7-5-4-6-8-16/h4-12H,13H2,1-3H3. The van der Waals surface area contributed by atoms with E-state index in [1.54, 1.807) is 24.3 Å². The third kappa shape index (κ3) is 3.48. The molecule has 0 aliphatic rings. The van der Waals surface area contributed by atoms with Crippen LogP contribution >= 0.6 is 0 Å². The molecule has 0 fully saturated rings. The van der Waals surface area contributed by atoms with Gasteiger partial charge >= 0.3 is 0 Å². The molecule has 0 N–H and O–H groups in total. The van der Waals surface area contributed by atoms with Crippen LogP contribution in [-0.2, 0) is 21.0 Å². The van der Waals surface area contributed by atoms with Crippen LogP contribution in [0, 0.1) is 0 Å². The molecule has 0 spiro atoms. The van der Waals surface area contributed by atoms with Gasteiger partial charge in [0.2, 0.25) is 0 Å². The van der Waals surface area contributed by atoms with Crippen molar-refractivity contribution in [3.8, 4) is 0 Å². The van der Waals surface area contributed by atoms with E-state index in [0.29, 0.717) is 4.90 Å². The Hall–Kier alpha value is -1.61. The van der Waals surface area contributed by atoms with Gasteiger partial charge in [0.25, 0.3) is 0 Å². The topological polar surface area (TPSA) is 34.1 Å². The van der Waals surface area contributed by atoms with Crippen molar-refractivity contribution < 1.29 is 8.42 Å². The maximum atomic E-state index is 12.3. The fraction of sp³-hybridized carbons (Fsp3) is 0.294. The lowest BCUT2D eigenvalue weighted by Crippen LogP contribution is -2.11. The molecule has 2 aromatic rings. The molecule has 20 heavy (non-hydrogen) atoms. The van der Waals surface area contributed by atoms with E-state index < -0.39 is 9.84 Å². The second-order valence-corrected chi connectivity index (χ2v) is 8.01. The molecule has 0 bridgehead atoms. The van der Waals surface area contributed by atoms with E-state index in [-0.39, 0.29) is 11.2 Å². The Bertz CT molecular complexity index is 663. The van der Waals surface area contributed by atoms with Gasteiger partial charge < -0.3 is 0 Å². The van der Waals surface area contributed by atoms with Crippen LogP contribution in [0.5, 0.6) is 0 Å². The van der Waals surface area contributed by atoms with Gasteiger partial charge in [-0.2, -0.15) is 0 Å². The molecular weight excluding hydrogens is 268 g/mol. The van der Waals surface area contributed by atoms with Crippen LogP contribution in [0.25, 0.3) is 0 Å². The molecule has 0 heterocycles. The van der Waals surface area contributed by atoms with Crippen LogP contribution in [0.3, 0.4) is 0 Å². The van der Waals surface area contributed by atoms with Crippen molar-refractivity contribution in [3.63, 3.8) is 0 Å². The molecule has 0 radical (unpaired) electrons. The van der Waals surface area contributed by atoms with Crippen LogP contribution in [0.2, 0.25) is 0 Å². The highest BCUT2D eigenvalue weighted by atomic mass is 32.2. The second kappa shape index (κ2) is 5.41. The summed E-state index contributed by atoms with van der Waals surface area (Å²) in [5, 5.41) is 0. The first-order valence-electron chi connectivity index (χ1n) is 6.66. The predicted octanol–water partition coefficient (Wildman–Crippen LogP) is 3.96. The number of hydrogen-bond acceptors (Lipinski definition) is 2. The van der Waals surface area contributed by atoms with Crippen molar-refractivity contribution in [3.05, 3.63) is 65.7 Å². The summed E-state index contributed by atoms with van der Waals surface area (Å²) < 4.78 is 24.6. The van der Waals surface area contributed by atoms with Crippen molar-refractivity contribution in [2.24, 2.45) is 0 Å². The van der Waals surface area contributed by atoms with Crippen LogP contribution in [-0.4, -0.2) is 8.42 Å². The quantitative estimate of drug-likeness (QED) is 0.856. The maximum Gasteiger partial charge on any atom is 0.182 e. The molecule has 2 rings (SSSR count). The third-order valence-electron chi connectivity index (χ3n) is 3.28. The first-order valence-corrected chi connectivity index (χ1v) is 8.31. The Kier molecular flexibility index (Phi) is 4.00. The molecule has 0 aromatic heterocycles. The first kappa shape index (κ1) is 14.8. The summed E-state index contributed by atoms with van der Waals surface area (Å²) in [6, 6.07) is 16.4. The van der Waals surface area contributed by atoms with Crippen molar-refractivity contribution in [2.45, 2.75) is 36.8 Å². The van der Waals surface area contributed by atoms with E-state index in [2.05, 4.69) is 20.8 Å². The zero-order valence-electron chi connectivity index (χ0n) is 12.1. The average molecular weight is 288 g/mol. The van der Waals surface area contributed by atoms with Crippen LogP contribution in [0.15, 0.2) is 59.5 Å². The van der Waals surface area contributed by atoms with Gasteiger partial charge in [0.15, 0.2) is 9.84 Å². The van der Waals surface area contributed by atoms with Gasteiger partial charge in [-0.1, -0.05) is 63.2 Å². The summed E-state index contributed by atoms with van der Waals surface area (Å²) in [6.07, 6.45) is 0. The fourth-order valence-electron chi connectivity index (χ4n) is 2.03. The molecule has 0 atom stereocenters. The third-order valence-corrected chi connectivity index (χ3v) is 4.98. The summed E-state index contributed by atoms with van der Waals surface area (Å²) in [7, 11) is -3.26. The number of sulfone groups is 1. The predicted molar refractivity (Wildman–Crippen MR) is 82.5 cm³/mol. The minimum absolute atomic E-state index is 0.0431. The summed E-state index contributed by atoms with van der Waals surface area (Å²) >= 11 is 0. The minimum Gasteiger partial charge on any atom is -0.223 e. The first-order chi connectivity index (χ1) is 9.29. The Morgan fingerprint density at radius 2 is 1.40 bits per heavy atom. The van der Waals surface area contributed by atoms with E-state index in [4.69, 9.17) is 0 Å². The number of hydrogen-bond donors (Lipinski definition) is 0. The molecule has 0 amide bonds. The van der Waals surface area contributed by atoms with Gasteiger partial charge in [-0.05, 0) is 28.7 Å². The number of benzene rings is 2. The largest absolute Gasteiger partial charge is 0.223 e. The zero-order chi connectivity index (χ0) is 14.8. The van der Waals surface area contributed by atoms with Gasteiger partial charge in [-0.3, -0.25) is 0 Å². The Balaban J connectivity index is 2.23. The van der Waals surface area contributed by atoms with Crippen LogP contribution < -0.4 is 0 Å². The second-order valence-electron chi connectivity index (χ2n) is 6.02. The smallest absolute Gasteiger partial charge is 0.182 e. The lowest BCUT2D eigenvalue weighted by molar-refractivity contribution is 0.589. The highest BCUT2D eigenvalue weighted by Gasteiger charge is 2.16. The van der Waals surface area contributed by atoms with Gasteiger partial charge in [0, 0.05) is 0 Å². The molecule has 0 aliphatic carbocycles.